The minimum absolute atomic E-state index is 0.109. The van der Waals surface area contributed by atoms with Crippen molar-refractivity contribution in [2.75, 3.05) is 19.6 Å². The summed E-state index contributed by atoms with van der Waals surface area (Å²) in [6.07, 6.45) is 1.80. The smallest absolute Gasteiger partial charge is 0.229 e. The van der Waals surface area contributed by atoms with Gasteiger partial charge in [0, 0.05) is 56.4 Å². The Kier molecular flexibility index (Phi) is 5.30. The van der Waals surface area contributed by atoms with E-state index >= 15 is 0 Å². The molecule has 0 saturated carbocycles. The summed E-state index contributed by atoms with van der Waals surface area (Å²) in [6.45, 7) is 4.85. The highest BCUT2D eigenvalue weighted by atomic mass is 32.1. The summed E-state index contributed by atoms with van der Waals surface area (Å²) in [5.41, 5.74) is 1.40. The summed E-state index contributed by atoms with van der Waals surface area (Å²) >= 11 is 1.82. The highest BCUT2D eigenvalue weighted by Crippen LogP contribution is 2.24. The number of carbonyl (C=O) groups excluding carboxylic acids is 3. The molecule has 1 atom stereocenters. The molecule has 0 aliphatic carbocycles. The van der Waals surface area contributed by atoms with Crippen LogP contribution < -0.4 is 5.32 Å². The van der Waals surface area contributed by atoms with Crippen molar-refractivity contribution in [1.82, 2.24) is 15.1 Å². The molecule has 1 aromatic heterocycles. The Hall–Kier alpha value is -1.73. The lowest BCUT2D eigenvalue weighted by Gasteiger charge is -2.32. The van der Waals surface area contributed by atoms with Crippen LogP contribution in [0.1, 0.15) is 36.6 Å². The van der Waals surface area contributed by atoms with Crippen LogP contribution in [0.25, 0.3) is 0 Å². The molecule has 3 heterocycles. The Balaban J connectivity index is 1.40. The van der Waals surface area contributed by atoms with Gasteiger partial charge >= 0.3 is 0 Å². The van der Waals surface area contributed by atoms with E-state index in [1.54, 1.807) is 0 Å². The molecule has 3 rings (SSSR count). The molecule has 1 saturated heterocycles. The van der Waals surface area contributed by atoms with E-state index in [1.165, 1.54) is 15.3 Å². The summed E-state index contributed by atoms with van der Waals surface area (Å²) in [6, 6.07) is 2.44. The molecule has 7 heteroatoms. The molecule has 0 unspecified atom stereocenters. The fourth-order valence-electron chi connectivity index (χ4n) is 3.21. The summed E-state index contributed by atoms with van der Waals surface area (Å²) in [5, 5.41) is 5.06. The van der Waals surface area contributed by atoms with Gasteiger partial charge in [0.25, 0.3) is 0 Å². The molecule has 6 nitrogen and oxygen atoms in total. The van der Waals surface area contributed by atoms with Gasteiger partial charge in [0.2, 0.25) is 17.7 Å². The van der Waals surface area contributed by atoms with Gasteiger partial charge in [-0.3, -0.25) is 24.2 Å². The number of hydrogen-bond acceptors (Lipinski definition) is 5. The van der Waals surface area contributed by atoms with Gasteiger partial charge in [-0.2, -0.15) is 0 Å². The van der Waals surface area contributed by atoms with Crippen molar-refractivity contribution in [1.29, 1.82) is 0 Å². The maximum absolute atomic E-state index is 12.0. The Labute approximate surface area is 145 Å². The van der Waals surface area contributed by atoms with Crippen LogP contribution >= 0.6 is 11.3 Å². The van der Waals surface area contributed by atoms with E-state index in [2.05, 4.69) is 28.6 Å². The zero-order valence-electron chi connectivity index (χ0n) is 13.9. The second-order valence-electron chi connectivity index (χ2n) is 6.43. The Morgan fingerprint density at radius 1 is 1.29 bits per heavy atom. The van der Waals surface area contributed by atoms with Crippen LogP contribution in [0, 0.1) is 0 Å². The van der Waals surface area contributed by atoms with Gasteiger partial charge in [0.05, 0.1) is 0 Å². The molecule has 0 bridgehead atoms. The maximum atomic E-state index is 12.0. The largest absolute Gasteiger partial charge is 0.354 e. The fraction of sp³-hybridized carbons (Fsp3) is 0.588. The molecule has 1 fully saturated rings. The number of nitrogens with one attached hydrogen (secondary N) is 1. The average Bonchev–Trinajstić information content (AvgIpc) is 3.17. The molecule has 1 N–H and O–H groups in total. The number of likely N-dealkylation sites (tertiary alicyclic amines) is 1. The average molecular weight is 349 g/mol. The van der Waals surface area contributed by atoms with Gasteiger partial charge in [0.15, 0.2) is 0 Å². The number of carbonyl (C=O) groups is 3. The highest BCUT2D eigenvalue weighted by molar-refractivity contribution is 7.10. The third-order valence-electron chi connectivity index (χ3n) is 4.77. The predicted octanol–water partition coefficient (Wildman–Crippen LogP) is 1.15. The zero-order chi connectivity index (χ0) is 17.1. The van der Waals surface area contributed by atoms with Gasteiger partial charge in [-0.1, -0.05) is 0 Å². The second kappa shape index (κ2) is 7.44. The van der Waals surface area contributed by atoms with E-state index in [0.717, 1.165) is 19.5 Å². The first kappa shape index (κ1) is 17.1. The molecular weight excluding hydrogens is 326 g/mol. The molecule has 0 spiro atoms. The lowest BCUT2D eigenvalue weighted by atomic mass is 10.1. The van der Waals surface area contributed by atoms with Crippen molar-refractivity contribution < 1.29 is 14.4 Å². The number of nitrogens with zero attached hydrogens (tertiary/aromatic N) is 2. The molecule has 2 aliphatic heterocycles. The highest BCUT2D eigenvalue weighted by Gasteiger charge is 2.29. The number of hydrogen-bond donors (Lipinski definition) is 1. The SMILES string of the molecule is C[C@H](CNC(=O)CCN1C(=O)CCC1=O)N1CCc2sccc2C1. The Morgan fingerprint density at radius 2 is 2.04 bits per heavy atom. The van der Waals surface area contributed by atoms with Gasteiger partial charge in [0.1, 0.15) is 0 Å². The van der Waals surface area contributed by atoms with E-state index in [4.69, 9.17) is 0 Å². The second-order valence-corrected chi connectivity index (χ2v) is 7.43. The molecule has 1 aromatic rings. The summed E-state index contributed by atoms with van der Waals surface area (Å²) < 4.78 is 0. The first-order chi connectivity index (χ1) is 11.5. The summed E-state index contributed by atoms with van der Waals surface area (Å²) in [4.78, 5) is 40.1. The van der Waals surface area contributed by atoms with Crippen molar-refractivity contribution in [3.05, 3.63) is 21.9 Å². The van der Waals surface area contributed by atoms with Crippen molar-refractivity contribution in [2.45, 2.75) is 45.2 Å². The number of fused-ring (bicyclic) bond motifs is 1. The van der Waals surface area contributed by atoms with E-state index in [0.29, 0.717) is 6.54 Å². The van der Waals surface area contributed by atoms with Gasteiger partial charge < -0.3 is 5.32 Å². The number of thiophene rings is 1. The molecule has 130 valence electrons. The standard InChI is InChI=1S/C17H23N3O3S/c1-12(19-7-4-14-13(11-19)6-9-24-14)10-18-15(21)5-8-20-16(22)2-3-17(20)23/h6,9,12H,2-5,7-8,10-11H2,1H3,(H,18,21)/t12-/m1/s1. The lowest BCUT2D eigenvalue weighted by Crippen LogP contribution is -2.44. The molecule has 24 heavy (non-hydrogen) atoms. The minimum Gasteiger partial charge on any atom is -0.354 e. The molecular formula is C17H23N3O3S. The van der Waals surface area contributed by atoms with E-state index in [-0.39, 0.29) is 49.6 Å². The first-order valence-corrected chi connectivity index (χ1v) is 9.31. The summed E-state index contributed by atoms with van der Waals surface area (Å²) in [5.74, 6) is -0.440. The van der Waals surface area contributed by atoms with Crippen molar-refractivity contribution >= 4 is 29.1 Å². The van der Waals surface area contributed by atoms with E-state index in [9.17, 15) is 14.4 Å². The van der Waals surface area contributed by atoms with Crippen LogP contribution in [0.5, 0.6) is 0 Å². The Bertz CT molecular complexity index is 627. The fourth-order valence-corrected chi connectivity index (χ4v) is 4.10. The van der Waals surface area contributed by atoms with Crippen LogP contribution in [-0.4, -0.2) is 53.2 Å². The monoisotopic (exact) mass is 349 g/mol. The van der Waals surface area contributed by atoms with Crippen LogP contribution in [0.3, 0.4) is 0 Å². The number of amides is 3. The van der Waals surface area contributed by atoms with Crippen LogP contribution in [-0.2, 0) is 27.3 Å². The normalized spacial score (nSPS) is 19.5. The Morgan fingerprint density at radius 3 is 2.79 bits per heavy atom. The van der Waals surface area contributed by atoms with Crippen LogP contribution in [0.2, 0.25) is 0 Å². The van der Waals surface area contributed by atoms with Gasteiger partial charge in [-0.25, -0.2) is 0 Å². The van der Waals surface area contributed by atoms with Crippen LogP contribution in [0.15, 0.2) is 11.4 Å². The third kappa shape index (κ3) is 3.84. The predicted molar refractivity (Wildman–Crippen MR) is 91.5 cm³/mol. The van der Waals surface area contributed by atoms with Gasteiger partial charge in [-0.15, -0.1) is 11.3 Å². The molecule has 2 aliphatic rings. The van der Waals surface area contributed by atoms with Crippen molar-refractivity contribution in [2.24, 2.45) is 0 Å². The van der Waals surface area contributed by atoms with Crippen molar-refractivity contribution in [3.63, 3.8) is 0 Å². The maximum Gasteiger partial charge on any atom is 0.229 e. The third-order valence-corrected chi connectivity index (χ3v) is 5.80. The topological polar surface area (TPSA) is 69.7 Å². The van der Waals surface area contributed by atoms with Gasteiger partial charge in [-0.05, 0) is 30.4 Å². The first-order valence-electron chi connectivity index (χ1n) is 8.44. The van der Waals surface area contributed by atoms with E-state index in [1.807, 2.05) is 11.3 Å². The summed E-state index contributed by atoms with van der Waals surface area (Å²) in [7, 11) is 0. The number of rotatable bonds is 6. The minimum atomic E-state index is -0.166. The number of imide groups is 1. The van der Waals surface area contributed by atoms with E-state index < -0.39 is 0 Å². The molecule has 0 aromatic carbocycles. The molecule has 0 radical (unpaired) electrons. The van der Waals surface area contributed by atoms with Crippen molar-refractivity contribution in [3.8, 4) is 0 Å². The zero-order valence-corrected chi connectivity index (χ0v) is 14.7. The van der Waals surface area contributed by atoms with Crippen LogP contribution in [0.4, 0.5) is 0 Å². The molecule has 3 amide bonds. The lowest BCUT2D eigenvalue weighted by molar-refractivity contribution is -0.138. The quantitative estimate of drug-likeness (QED) is 0.782.